The zero-order chi connectivity index (χ0) is 45.6. The van der Waals surface area contributed by atoms with Crippen LogP contribution in [-0.2, 0) is 28.6 Å². The number of fused-ring (bicyclic) bond motifs is 14. The fourth-order valence-electron chi connectivity index (χ4n) is 7.73. The highest BCUT2D eigenvalue weighted by atomic mass is 16.7. The fourth-order valence-corrected chi connectivity index (χ4v) is 7.73. The lowest BCUT2D eigenvalue weighted by Gasteiger charge is -2.38. The average Bonchev–Trinajstić information content (AvgIpc) is 3.51. The van der Waals surface area contributed by atoms with E-state index in [-0.39, 0.29) is 57.7 Å². The van der Waals surface area contributed by atoms with Crippen molar-refractivity contribution in [1.82, 2.24) is 0 Å². The number of phenolic OH excluding ortho intramolecular Hbond substituents is 3. The number of rotatable bonds is 8. The average molecular weight is 861 g/mol. The first-order chi connectivity index (χ1) is 29.3. The Hall–Kier alpha value is -6.10. The maximum atomic E-state index is 14.4. The van der Waals surface area contributed by atoms with Gasteiger partial charge >= 0.3 is 11.8 Å². The molecule has 16 nitrogen and oxygen atoms in total. The number of hydrogen-bond donors (Lipinski definition) is 6. The molecular weight excluding hydrogens is 805 g/mol. The summed E-state index contributed by atoms with van der Waals surface area (Å²) in [4.78, 5) is 45.9. The van der Waals surface area contributed by atoms with E-state index in [0.717, 1.165) is 6.21 Å². The van der Waals surface area contributed by atoms with Gasteiger partial charge in [0.2, 0.25) is 0 Å². The second kappa shape index (κ2) is 19.7. The summed E-state index contributed by atoms with van der Waals surface area (Å²) in [7, 11) is 1.42. The highest BCUT2D eigenvalue weighted by Crippen LogP contribution is 2.55. The van der Waals surface area contributed by atoms with Crippen molar-refractivity contribution in [3.63, 3.8) is 0 Å². The van der Waals surface area contributed by atoms with Gasteiger partial charge in [0.15, 0.2) is 12.4 Å². The first-order valence-electron chi connectivity index (χ1n) is 20.3. The van der Waals surface area contributed by atoms with Gasteiger partial charge in [-0.25, -0.2) is 0 Å². The summed E-state index contributed by atoms with van der Waals surface area (Å²) in [5.41, 5.74) is -0.742. The van der Waals surface area contributed by atoms with Crippen LogP contribution in [0.2, 0.25) is 0 Å². The van der Waals surface area contributed by atoms with E-state index in [9.17, 15) is 39.9 Å². The van der Waals surface area contributed by atoms with Gasteiger partial charge in [0.1, 0.15) is 35.7 Å². The number of esters is 1. The predicted molar refractivity (Wildman–Crippen MR) is 229 cm³/mol. The summed E-state index contributed by atoms with van der Waals surface area (Å²) in [5.74, 6) is -8.24. The number of phenols is 3. The van der Waals surface area contributed by atoms with Crippen LogP contribution in [0.25, 0.3) is 10.8 Å². The molecule has 0 fully saturated rings. The van der Waals surface area contributed by atoms with E-state index in [1.54, 1.807) is 52.0 Å². The molecule has 6 rings (SSSR count). The van der Waals surface area contributed by atoms with E-state index in [1.807, 2.05) is 18.2 Å². The molecule has 5 bridgehead atoms. The normalized spacial score (nSPS) is 27.2. The number of amides is 1. The van der Waals surface area contributed by atoms with Gasteiger partial charge in [0.05, 0.1) is 53.0 Å². The molecule has 16 heteroatoms. The van der Waals surface area contributed by atoms with Gasteiger partial charge < -0.3 is 59.4 Å². The third-order valence-electron chi connectivity index (χ3n) is 11.5. The molecule has 3 heterocycles. The number of para-hydroxylation sites is 1. The number of nitrogens with zero attached hydrogens (tertiary/aromatic N) is 1. The van der Waals surface area contributed by atoms with Crippen molar-refractivity contribution >= 4 is 40.3 Å². The summed E-state index contributed by atoms with van der Waals surface area (Å²) in [6, 6.07) is 8.99. The number of aliphatic hydroxyl groups is 2. The maximum absolute atomic E-state index is 14.4. The van der Waals surface area contributed by atoms with Crippen molar-refractivity contribution in [2.24, 2.45) is 28.8 Å². The summed E-state index contributed by atoms with van der Waals surface area (Å²) < 4.78 is 29.2. The molecule has 0 saturated heterocycles. The molecule has 1 amide bonds. The Labute approximate surface area is 360 Å². The van der Waals surface area contributed by atoms with Crippen LogP contribution < -0.4 is 14.8 Å². The van der Waals surface area contributed by atoms with Gasteiger partial charge in [-0.05, 0) is 32.1 Å². The van der Waals surface area contributed by atoms with Crippen molar-refractivity contribution in [3.8, 4) is 28.7 Å². The van der Waals surface area contributed by atoms with Crippen LogP contribution in [0.4, 0.5) is 5.69 Å². The van der Waals surface area contributed by atoms with E-state index in [4.69, 9.17) is 28.5 Å². The van der Waals surface area contributed by atoms with Crippen LogP contribution in [-0.4, -0.2) is 99.9 Å². The lowest BCUT2D eigenvalue weighted by molar-refractivity contribution is -0.160. The van der Waals surface area contributed by atoms with Crippen LogP contribution in [0.15, 0.2) is 71.6 Å². The van der Waals surface area contributed by atoms with Crippen LogP contribution in [0, 0.1) is 30.6 Å². The summed E-state index contributed by atoms with van der Waals surface area (Å²) in [6.45, 7) is 12.4. The number of ketones is 1. The number of oxime groups is 1. The third kappa shape index (κ3) is 9.67. The molecular formula is C46H56N2O14. The zero-order valence-corrected chi connectivity index (χ0v) is 36.2. The van der Waals surface area contributed by atoms with E-state index in [2.05, 4.69) is 10.5 Å². The smallest absolute Gasteiger partial charge is 0.312 e. The number of aliphatic hydroxyl groups excluding tert-OH is 2. The standard InChI is InChI=1S/C46H56N2O14/c1-23-14-13-15-24(2)45(56)48-36-31(22-47-60-21-20-58-30-16-11-10-12-17-30)40(53)33-34(41(36)54)39(52)28(6)43-35(33)44(55)46(8,62-43)59-19-18-32(57-9)25(3)42(61-29(7)49)27(5)38(51)26(4)37(23)50/h10-19,22-23,25-27,32,37-38,42,50-54H,20-21H2,1-9H3,(H,48,56)/b14-13?,19-18?,24-15?,47-22+. The van der Waals surface area contributed by atoms with Crippen molar-refractivity contribution < 1.29 is 68.4 Å². The summed E-state index contributed by atoms with van der Waals surface area (Å²) in [5, 5.41) is 64.1. The van der Waals surface area contributed by atoms with Crippen molar-refractivity contribution in [1.29, 1.82) is 0 Å². The Morgan fingerprint density at radius 3 is 2.27 bits per heavy atom. The van der Waals surface area contributed by atoms with Gasteiger partial charge in [-0.3, -0.25) is 14.4 Å². The Morgan fingerprint density at radius 2 is 1.61 bits per heavy atom. The molecule has 6 N–H and O–H groups in total. The number of aromatic hydroxyl groups is 3. The monoisotopic (exact) mass is 860 g/mol. The van der Waals surface area contributed by atoms with Crippen LogP contribution >= 0.6 is 0 Å². The van der Waals surface area contributed by atoms with E-state index in [0.29, 0.717) is 5.75 Å². The Morgan fingerprint density at radius 1 is 0.919 bits per heavy atom. The number of nitrogens with one attached hydrogen (secondary N) is 1. The van der Waals surface area contributed by atoms with Gasteiger partial charge in [-0.2, -0.15) is 0 Å². The number of allylic oxidation sites excluding steroid dienone is 2. The van der Waals surface area contributed by atoms with Crippen LogP contribution in [0.3, 0.4) is 0 Å². The van der Waals surface area contributed by atoms with E-state index in [1.165, 1.54) is 53.2 Å². The fraction of sp³-hybridized carbons (Fsp3) is 0.435. The van der Waals surface area contributed by atoms with Crippen molar-refractivity contribution in [3.05, 3.63) is 83.2 Å². The maximum Gasteiger partial charge on any atom is 0.312 e. The number of benzene rings is 3. The number of Topliss-reactive ketones (excluding diaryl/α,β-unsaturated/α-hetero) is 1. The topological polar surface area (TPSA) is 232 Å². The third-order valence-corrected chi connectivity index (χ3v) is 11.5. The molecule has 9 atom stereocenters. The quantitative estimate of drug-likeness (QED) is 0.0371. The SMILES string of the molecule is COC1C=COC2(C)Oc3c(C)c(O)c4c(O)c(c(/C=N/OCCOc5ccccc5)c(O)c4c3C2=O)NC(=O)C(C)=CC=CC(C)C(O)C(C)C(O)C(C)C(OC(C)=O)C1C. The number of ether oxygens (including phenoxy) is 5. The van der Waals surface area contributed by atoms with E-state index < -0.39 is 88.8 Å². The Bertz CT molecular complexity index is 2270. The second-order valence-corrected chi connectivity index (χ2v) is 15.8. The number of methoxy groups -OCH3 is 1. The molecule has 0 aromatic heterocycles. The van der Waals surface area contributed by atoms with Crippen molar-refractivity contribution in [2.75, 3.05) is 25.6 Å². The highest BCUT2D eigenvalue weighted by Gasteiger charge is 2.50. The van der Waals surface area contributed by atoms with Gasteiger partial charge in [0.25, 0.3) is 11.7 Å². The minimum atomic E-state index is -2.08. The minimum absolute atomic E-state index is 0.0183. The first kappa shape index (κ1) is 47.0. The predicted octanol–water partition coefficient (Wildman–Crippen LogP) is 6.18. The molecule has 62 heavy (non-hydrogen) atoms. The molecule has 334 valence electrons. The minimum Gasteiger partial charge on any atom is -0.507 e. The Balaban J connectivity index is 1.64. The number of anilines is 1. The molecule has 0 radical (unpaired) electrons. The molecule has 3 aromatic carbocycles. The second-order valence-electron chi connectivity index (χ2n) is 15.8. The lowest BCUT2D eigenvalue weighted by atomic mass is 9.78. The largest absolute Gasteiger partial charge is 0.507 e. The van der Waals surface area contributed by atoms with Gasteiger partial charge in [-0.15, -0.1) is 0 Å². The molecule has 0 aliphatic carbocycles. The number of hydrogen-bond acceptors (Lipinski definition) is 15. The van der Waals surface area contributed by atoms with Crippen LogP contribution in [0.5, 0.6) is 28.7 Å². The molecule has 0 spiro atoms. The summed E-state index contributed by atoms with van der Waals surface area (Å²) >= 11 is 0. The van der Waals surface area contributed by atoms with Crippen molar-refractivity contribution in [2.45, 2.75) is 85.6 Å². The number of carbonyl (C=O) groups is 3. The molecule has 9 unspecified atom stereocenters. The van der Waals surface area contributed by atoms with Crippen LogP contribution in [0.1, 0.15) is 70.0 Å². The molecule has 3 aliphatic heterocycles. The highest BCUT2D eigenvalue weighted by molar-refractivity contribution is 6.23. The molecule has 3 aromatic rings. The lowest BCUT2D eigenvalue weighted by Crippen LogP contribution is -2.46. The molecule has 3 aliphatic rings. The van der Waals surface area contributed by atoms with Gasteiger partial charge in [0, 0.05) is 61.2 Å². The molecule has 0 saturated carbocycles. The van der Waals surface area contributed by atoms with E-state index >= 15 is 0 Å². The zero-order valence-electron chi connectivity index (χ0n) is 36.2. The summed E-state index contributed by atoms with van der Waals surface area (Å²) in [6.07, 6.45) is 4.39. The Kier molecular flexibility index (Phi) is 14.9. The van der Waals surface area contributed by atoms with Gasteiger partial charge in [-0.1, -0.05) is 69.3 Å². The number of carbonyl (C=O) groups excluding carboxylic acids is 3. The first-order valence-corrected chi connectivity index (χ1v) is 20.3.